The van der Waals surface area contributed by atoms with Crippen LogP contribution in [0.1, 0.15) is 0 Å². The molecule has 4 nitrogen and oxygen atoms in total. The molecule has 1 aromatic carbocycles. The van der Waals surface area contributed by atoms with Crippen LogP contribution in [0.3, 0.4) is 0 Å². The summed E-state index contributed by atoms with van der Waals surface area (Å²) in [5, 5.41) is 3.97. The van der Waals surface area contributed by atoms with E-state index in [1.165, 1.54) is 0 Å². The zero-order valence-electron chi connectivity index (χ0n) is 10.7. The number of hydrogen-bond donors (Lipinski definition) is 1. The van der Waals surface area contributed by atoms with Gasteiger partial charge < -0.3 is 10.1 Å². The highest BCUT2D eigenvalue weighted by atomic mass is 32.1. The number of pyridine rings is 1. The number of methoxy groups -OCH3 is 1. The lowest BCUT2D eigenvalue weighted by Gasteiger charge is -1.99. The molecule has 0 amide bonds. The fraction of sp³-hybridized carbons (Fsp3) is 0.143. The van der Waals surface area contributed by atoms with Crippen molar-refractivity contribution in [2.45, 2.75) is 0 Å². The van der Waals surface area contributed by atoms with Gasteiger partial charge >= 0.3 is 0 Å². The number of hydrogen-bond acceptors (Lipinski definition) is 5. The third kappa shape index (κ3) is 2.24. The molecule has 0 atom stereocenters. The third-order valence-electron chi connectivity index (χ3n) is 2.86. The first kappa shape index (κ1) is 11.9. The maximum Gasteiger partial charge on any atom is 0.126 e. The summed E-state index contributed by atoms with van der Waals surface area (Å²) in [5.41, 5.74) is 1.98. The van der Waals surface area contributed by atoms with Crippen molar-refractivity contribution in [1.82, 2.24) is 9.97 Å². The molecule has 0 aliphatic heterocycles. The van der Waals surface area contributed by atoms with Gasteiger partial charge in [0, 0.05) is 24.9 Å². The Morgan fingerprint density at radius 1 is 1.21 bits per heavy atom. The highest BCUT2D eigenvalue weighted by Crippen LogP contribution is 2.31. The van der Waals surface area contributed by atoms with E-state index >= 15 is 0 Å². The first-order valence-corrected chi connectivity index (χ1v) is 6.70. The van der Waals surface area contributed by atoms with Crippen LogP contribution in [-0.4, -0.2) is 24.1 Å². The molecule has 0 spiro atoms. The molecule has 0 unspecified atom stereocenters. The van der Waals surface area contributed by atoms with Crippen molar-refractivity contribution >= 4 is 27.4 Å². The number of rotatable bonds is 3. The minimum absolute atomic E-state index is 0.827. The Bertz CT molecular complexity index is 706. The molecule has 19 heavy (non-hydrogen) atoms. The Kier molecular flexibility index (Phi) is 3.05. The van der Waals surface area contributed by atoms with Crippen LogP contribution in [0, 0.1) is 0 Å². The summed E-state index contributed by atoms with van der Waals surface area (Å²) in [7, 11) is 3.51. The van der Waals surface area contributed by atoms with E-state index in [4.69, 9.17) is 4.74 Å². The molecule has 3 aromatic rings. The first-order chi connectivity index (χ1) is 9.30. The van der Waals surface area contributed by atoms with E-state index in [0.29, 0.717) is 0 Å². The summed E-state index contributed by atoms with van der Waals surface area (Å²) >= 11 is 1.66. The van der Waals surface area contributed by atoms with Gasteiger partial charge in [0.1, 0.15) is 16.6 Å². The highest BCUT2D eigenvalue weighted by molar-refractivity contribution is 7.21. The van der Waals surface area contributed by atoms with Crippen LogP contribution in [0.15, 0.2) is 36.5 Å². The Morgan fingerprint density at radius 2 is 2.11 bits per heavy atom. The van der Waals surface area contributed by atoms with Crippen molar-refractivity contribution in [2.75, 3.05) is 19.5 Å². The second kappa shape index (κ2) is 4.85. The van der Waals surface area contributed by atoms with E-state index in [1.807, 2.05) is 43.6 Å². The SMILES string of the molecule is CNc1ccc(-c2nc3cc(OC)ccc3s2)cn1. The van der Waals surface area contributed by atoms with Crippen LogP contribution in [0.5, 0.6) is 5.75 Å². The lowest BCUT2D eigenvalue weighted by Crippen LogP contribution is -1.90. The largest absolute Gasteiger partial charge is 0.497 e. The van der Waals surface area contributed by atoms with E-state index in [1.54, 1.807) is 18.4 Å². The average molecular weight is 271 g/mol. The number of ether oxygens (including phenoxy) is 1. The molecule has 0 fully saturated rings. The number of nitrogens with one attached hydrogen (secondary N) is 1. The van der Waals surface area contributed by atoms with E-state index in [2.05, 4.69) is 15.3 Å². The van der Waals surface area contributed by atoms with E-state index in [-0.39, 0.29) is 0 Å². The number of fused-ring (bicyclic) bond motifs is 1. The van der Waals surface area contributed by atoms with Gasteiger partial charge in [0.15, 0.2) is 0 Å². The normalized spacial score (nSPS) is 10.6. The van der Waals surface area contributed by atoms with Crippen molar-refractivity contribution < 1.29 is 4.74 Å². The molecule has 0 saturated heterocycles. The Hall–Kier alpha value is -2.14. The predicted octanol–water partition coefficient (Wildman–Crippen LogP) is 3.41. The van der Waals surface area contributed by atoms with E-state index in [9.17, 15) is 0 Å². The van der Waals surface area contributed by atoms with E-state index in [0.717, 1.165) is 32.4 Å². The topological polar surface area (TPSA) is 47.0 Å². The van der Waals surface area contributed by atoms with Gasteiger partial charge in [0.25, 0.3) is 0 Å². The fourth-order valence-electron chi connectivity index (χ4n) is 1.83. The van der Waals surface area contributed by atoms with Crippen LogP contribution < -0.4 is 10.1 Å². The third-order valence-corrected chi connectivity index (χ3v) is 3.95. The minimum atomic E-state index is 0.827. The van der Waals surface area contributed by atoms with Gasteiger partial charge in [-0.3, -0.25) is 0 Å². The average Bonchev–Trinajstić information content (AvgIpc) is 2.90. The molecule has 3 rings (SSSR count). The van der Waals surface area contributed by atoms with Crippen LogP contribution in [0.2, 0.25) is 0 Å². The zero-order valence-corrected chi connectivity index (χ0v) is 11.5. The summed E-state index contributed by atoms with van der Waals surface area (Å²) in [6, 6.07) is 9.90. The molecular formula is C14H13N3OS. The maximum atomic E-state index is 5.21. The molecule has 2 heterocycles. The highest BCUT2D eigenvalue weighted by Gasteiger charge is 2.07. The first-order valence-electron chi connectivity index (χ1n) is 5.89. The second-order valence-corrected chi connectivity index (χ2v) is 5.07. The van der Waals surface area contributed by atoms with Gasteiger partial charge in [0.2, 0.25) is 0 Å². The van der Waals surface area contributed by atoms with Crippen molar-refractivity contribution in [1.29, 1.82) is 0 Å². The second-order valence-electron chi connectivity index (χ2n) is 4.03. The Balaban J connectivity index is 2.04. The molecule has 5 heteroatoms. The lowest BCUT2D eigenvalue weighted by atomic mass is 10.3. The molecule has 96 valence electrons. The number of aromatic nitrogens is 2. The lowest BCUT2D eigenvalue weighted by molar-refractivity contribution is 0.415. The summed E-state index contributed by atoms with van der Waals surface area (Å²) in [5.74, 6) is 1.68. The Labute approximate surface area is 115 Å². The number of benzene rings is 1. The predicted molar refractivity (Wildman–Crippen MR) is 78.9 cm³/mol. The smallest absolute Gasteiger partial charge is 0.126 e. The van der Waals surface area contributed by atoms with Crippen LogP contribution in [0.25, 0.3) is 20.8 Å². The summed E-state index contributed by atoms with van der Waals surface area (Å²) in [6.45, 7) is 0. The molecule has 0 bridgehead atoms. The summed E-state index contributed by atoms with van der Waals surface area (Å²) in [6.07, 6.45) is 1.83. The van der Waals surface area contributed by atoms with Crippen molar-refractivity contribution in [2.24, 2.45) is 0 Å². The number of thiazole rings is 1. The van der Waals surface area contributed by atoms with Gasteiger partial charge in [-0.15, -0.1) is 11.3 Å². The van der Waals surface area contributed by atoms with Gasteiger partial charge in [-0.25, -0.2) is 9.97 Å². The van der Waals surface area contributed by atoms with E-state index < -0.39 is 0 Å². The van der Waals surface area contributed by atoms with Crippen LogP contribution in [0.4, 0.5) is 5.82 Å². The van der Waals surface area contributed by atoms with Gasteiger partial charge in [-0.2, -0.15) is 0 Å². The molecule has 2 aromatic heterocycles. The standard InChI is InChI=1S/C14H13N3OS/c1-15-13-6-3-9(8-16-13)14-17-11-7-10(18-2)4-5-12(11)19-14/h3-8H,1-2H3,(H,15,16). The quantitative estimate of drug-likeness (QED) is 0.793. The van der Waals surface area contributed by atoms with Crippen molar-refractivity contribution in [3.05, 3.63) is 36.5 Å². The van der Waals surface area contributed by atoms with Crippen LogP contribution in [-0.2, 0) is 0 Å². The molecule has 0 aliphatic rings. The zero-order chi connectivity index (χ0) is 13.2. The molecule has 0 saturated carbocycles. The Morgan fingerprint density at radius 3 is 2.79 bits per heavy atom. The monoisotopic (exact) mass is 271 g/mol. The van der Waals surface area contributed by atoms with Gasteiger partial charge in [-0.1, -0.05) is 0 Å². The van der Waals surface area contributed by atoms with Gasteiger partial charge in [0.05, 0.1) is 17.3 Å². The van der Waals surface area contributed by atoms with Gasteiger partial charge in [-0.05, 0) is 24.3 Å². The number of anilines is 1. The van der Waals surface area contributed by atoms with Crippen molar-refractivity contribution in [3.63, 3.8) is 0 Å². The van der Waals surface area contributed by atoms with Crippen LogP contribution >= 0.6 is 11.3 Å². The molecule has 0 aliphatic carbocycles. The minimum Gasteiger partial charge on any atom is -0.497 e. The molecular weight excluding hydrogens is 258 g/mol. The summed E-state index contributed by atoms with van der Waals surface area (Å²) < 4.78 is 6.36. The molecule has 1 N–H and O–H groups in total. The fourth-order valence-corrected chi connectivity index (χ4v) is 2.76. The molecule has 0 radical (unpaired) electrons. The van der Waals surface area contributed by atoms with Crippen molar-refractivity contribution in [3.8, 4) is 16.3 Å². The number of nitrogens with zero attached hydrogens (tertiary/aromatic N) is 2. The maximum absolute atomic E-state index is 5.21. The summed E-state index contributed by atoms with van der Waals surface area (Å²) in [4.78, 5) is 8.93.